The molecule has 2 N–H and O–H groups in total. The lowest BCUT2D eigenvalue weighted by atomic mass is 10.0. The molecule has 0 saturated carbocycles. The first-order chi connectivity index (χ1) is 7.63. The molecule has 1 aliphatic heterocycles. The van der Waals surface area contributed by atoms with Crippen LogP contribution in [0.2, 0.25) is 0 Å². The molecule has 0 saturated heterocycles. The van der Waals surface area contributed by atoms with E-state index in [0.29, 0.717) is 18.6 Å². The Bertz CT molecular complexity index is 376. The molecule has 1 unspecified atom stereocenters. The van der Waals surface area contributed by atoms with Crippen LogP contribution in [0.5, 0.6) is 0 Å². The summed E-state index contributed by atoms with van der Waals surface area (Å²) in [5.74, 6) is 5.73. The van der Waals surface area contributed by atoms with E-state index >= 15 is 0 Å². The third kappa shape index (κ3) is 1.93. The fourth-order valence-electron chi connectivity index (χ4n) is 2.42. The number of hydrogen-bond donors (Lipinski definition) is 1. The van der Waals surface area contributed by atoms with Crippen LogP contribution >= 0.6 is 0 Å². The summed E-state index contributed by atoms with van der Waals surface area (Å²) in [7, 11) is 0. The number of hydrogen-bond acceptors (Lipinski definition) is 3. The summed E-state index contributed by atoms with van der Waals surface area (Å²) in [4.78, 5) is 7.14. The van der Waals surface area contributed by atoms with Crippen LogP contribution in [0.15, 0.2) is 18.2 Å². The molecule has 16 heavy (non-hydrogen) atoms. The lowest BCUT2D eigenvalue weighted by Gasteiger charge is -2.24. The van der Waals surface area contributed by atoms with Crippen molar-refractivity contribution in [2.75, 3.05) is 11.4 Å². The van der Waals surface area contributed by atoms with Gasteiger partial charge in [-0.3, -0.25) is 4.84 Å². The van der Waals surface area contributed by atoms with Gasteiger partial charge in [-0.25, -0.2) is 5.90 Å². The third-order valence-electron chi connectivity index (χ3n) is 3.28. The molecule has 1 aliphatic rings. The number of rotatable bonds is 3. The molecule has 1 aromatic carbocycles. The summed E-state index contributed by atoms with van der Waals surface area (Å²) >= 11 is 0. The molecular weight excluding hydrogens is 200 g/mol. The Morgan fingerprint density at radius 2 is 2.25 bits per heavy atom. The van der Waals surface area contributed by atoms with E-state index in [0.717, 1.165) is 12.1 Å². The monoisotopic (exact) mass is 220 g/mol. The maximum Gasteiger partial charge on any atom is 0.0930 e. The minimum absolute atomic E-state index is 0.480. The normalized spacial score (nSPS) is 19.3. The molecule has 1 atom stereocenters. The average Bonchev–Trinajstić information content (AvgIpc) is 2.57. The summed E-state index contributed by atoms with van der Waals surface area (Å²) in [5, 5.41) is 0. The second-order valence-corrected chi connectivity index (χ2v) is 4.85. The minimum atomic E-state index is 0.480. The molecule has 0 radical (unpaired) electrons. The quantitative estimate of drug-likeness (QED) is 0.795. The Hall–Kier alpha value is -1.06. The lowest BCUT2D eigenvalue weighted by molar-refractivity contribution is 0.124. The Balaban J connectivity index is 2.35. The standard InChI is InChI=1S/C13H20N2O/c1-9(2)15-7-10(3)12-5-4-11(8-16-14)6-13(12)15/h4-6,9-10H,7-8,14H2,1-3H3. The Labute approximate surface area is 97.1 Å². The molecule has 2 rings (SSSR count). The first-order valence-corrected chi connectivity index (χ1v) is 5.84. The van der Waals surface area contributed by atoms with Crippen molar-refractivity contribution >= 4 is 5.69 Å². The number of anilines is 1. The van der Waals surface area contributed by atoms with Gasteiger partial charge >= 0.3 is 0 Å². The third-order valence-corrected chi connectivity index (χ3v) is 3.28. The lowest BCUT2D eigenvalue weighted by Crippen LogP contribution is -2.29. The van der Waals surface area contributed by atoms with E-state index in [1.54, 1.807) is 0 Å². The molecule has 1 heterocycles. The van der Waals surface area contributed by atoms with E-state index in [-0.39, 0.29) is 0 Å². The van der Waals surface area contributed by atoms with Crippen LogP contribution in [0, 0.1) is 0 Å². The Kier molecular flexibility index (Phi) is 3.17. The van der Waals surface area contributed by atoms with Crippen molar-refractivity contribution in [2.45, 2.75) is 39.3 Å². The molecule has 3 heteroatoms. The summed E-state index contributed by atoms with van der Waals surface area (Å²) < 4.78 is 0. The summed E-state index contributed by atoms with van der Waals surface area (Å²) in [6, 6.07) is 7.05. The molecular formula is C13H20N2O. The second-order valence-electron chi connectivity index (χ2n) is 4.85. The number of benzene rings is 1. The van der Waals surface area contributed by atoms with Crippen LogP contribution in [0.25, 0.3) is 0 Å². The molecule has 0 aliphatic carbocycles. The van der Waals surface area contributed by atoms with Crippen LogP contribution in [0.3, 0.4) is 0 Å². The zero-order valence-corrected chi connectivity index (χ0v) is 10.2. The van der Waals surface area contributed by atoms with Crippen molar-refractivity contribution in [3.8, 4) is 0 Å². The second kappa shape index (κ2) is 4.44. The van der Waals surface area contributed by atoms with Gasteiger partial charge in [0.15, 0.2) is 0 Å². The highest BCUT2D eigenvalue weighted by atomic mass is 16.6. The van der Waals surface area contributed by atoms with Gasteiger partial charge in [0, 0.05) is 24.2 Å². The summed E-state index contributed by atoms with van der Waals surface area (Å²) in [5.41, 5.74) is 3.92. The van der Waals surface area contributed by atoms with Gasteiger partial charge < -0.3 is 4.90 Å². The number of nitrogens with zero attached hydrogens (tertiary/aromatic N) is 1. The fraction of sp³-hybridized carbons (Fsp3) is 0.538. The summed E-state index contributed by atoms with van der Waals surface area (Å²) in [6.07, 6.45) is 0. The van der Waals surface area contributed by atoms with Crippen molar-refractivity contribution in [3.63, 3.8) is 0 Å². The van der Waals surface area contributed by atoms with Gasteiger partial charge in [0.1, 0.15) is 0 Å². The Morgan fingerprint density at radius 3 is 2.88 bits per heavy atom. The van der Waals surface area contributed by atoms with E-state index in [9.17, 15) is 0 Å². The van der Waals surface area contributed by atoms with Crippen LogP contribution in [0.4, 0.5) is 5.69 Å². The molecule has 3 nitrogen and oxygen atoms in total. The smallest absolute Gasteiger partial charge is 0.0930 e. The predicted molar refractivity (Wildman–Crippen MR) is 66.3 cm³/mol. The molecule has 0 spiro atoms. The van der Waals surface area contributed by atoms with Crippen LogP contribution in [0.1, 0.15) is 37.8 Å². The van der Waals surface area contributed by atoms with Gasteiger partial charge in [-0.15, -0.1) is 0 Å². The maximum atomic E-state index is 5.11. The predicted octanol–water partition coefficient (Wildman–Crippen LogP) is 2.41. The minimum Gasteiger partial charge on any atom is -0.368 e. The van der Waals surface area contributed by atoms with Gasteiger partial charge in [0.25, 0.3) is 0 Å². The van der Waals surface area contributed by atoms with Gasteiger partial charge in [-0.05, 0) is 31.0 Å². The Morgan fingerprint density at radius 1 is 1.50 bits per heavy atom. The van der Waals surface area contributed by atoms with E-state index in [2.05, 4.69) is 43.9 Å². The zero-order chi connectivity index (χ0) is 11.7. The van der Waals surface area contributed by atoms with Crippen molar-refractivity contribution in [3.05, 3.63) is 29.3 Å². The average molecular weight is 220 g/mol. The molecule has 0 aromatic heterocycles. The number of fused-ring (bicyclic) bond motifs is 1. The summed E-state index contributed by atoms with van der Waals surface area (Å²) in [6.45, 7) is 8.33. The first kappa shape index (κ1) is 11.4. The van der Waals surface area contributed by atoms with Crippen molar-refractivity contribution < 1.29 is 4.84 Å². The van der Waals surface area contributed by atoms with Gasteiger partial charge in [-0.1, -0.05) is 19.1 Å². The molecule has 0 bridgehead atoms. The highest BCUT2D eigenvalue weighted by Gasteiger charge is 2.26. The largest absolute Gasteiger partial charge is 0.368 e. The van der Waals surface area contributed by atoms with E-state index < -0.39 is 0 Å². The number of nitrogens with two attached hydrogens (primary N) is 1. The van der Waals surface area contributed by atoms with Crippen LogP contribution in [-0.2, 0) is 11.4 Å². The fourth-order valence-corrected chi connectivity index (χ4v) is 2.42. The highest BCUT2D eigenvalue weighted by molar-refractivity contribution is 5.62. The van der Waals surface area contributed by atoms with Gasteiger partial charge in [0.05, 0.1) is 6.61 Å². The van der Waals surface area contributed by atoms with Crippen LogP contribution in [-0.4, -0.2) is 12.6 Å². The zero-order valence-electron chi connectivity index (χ0n) is 10.2. The van der Waals surface area contributed by atoms with Gasteiger partial charge in [0.2, 0.25) is 0 Å². The topological polar surface area (TPSA) is 38.5 Å². The highest BCUT2D eigenvalue weighted by Crippen LogP contribution is 2.37. The molecule has 0 fully saturated rings. The van der Waals surface area contributed by atoms with Crippen molar-refractivity contribution in [1.82, 2.24) is 0 Å². The van der Waals surface area contributed by atoms with E-state index in [4.69, 9.17) is 10.7 Å². The van der Waals surface area contributed by atoms with E-state index in [1.807, 2.05) is 0 Å². The van der Waals surface area contributed by atoms with Crippen molar-refractivity contribution in [2.24, 2.45) is 5.90 Å². The first-order valence-electron chi connectivity index (χ1n) is 5.84. The van der Waals surface area contributed by atoms with Crippen molar-refractivity contribution in [1.29, 1.82) is 0 Å². The van der Waals surface area contributed by atoms with E-state index in [1.165, 1.54) is 11.3 Å². The van der Waals surface area contributed by atoms with Crippen LogP contribution < -0.4 is 10.8 Å². The molecule has 88 valence electrons. The molecule has 0 amide bonds. The SMILES string of the molecule is CC1CN(C(C)C)c2cc(CON)ccc21. The van der Waals surface area contributed by atoms with Gasteiger partial charge in [-0.2, -0.15) is 0 Å². The molecule has 1 aromatic rings. The maximum absolute atomic E-state index is 5.11.